The fourth-order valence-corrected chi connectivity index (χ4v) is 1.96. The van der Waals surface area contributed by atoms with E-state index in [9.17, 15) is 0 Å². The predicted octanol–water partition coefficient (Wildman–Crippen LogP) is 4.65. The van der Waals surface area contributed by atoms with Crippen LogP contribution in [0.25, 0.3) is 0 Å². The highest BCUT2D eigenvalue weighted by Gasteiger charge is 2.21. The average molecular weight is 190 g/mol. The van der Waals surface area contributed by atoms with Crippen LogP contribution in [0.1, 0.15) is 46.0 Å². The summed E-state index contributed by atoms with van der Waals surface area (Å²) in [5.74, 6) is 0. The molecular weight excluding hydrogens is 168 g/mol. The van der Waals surface area contributed by atoms with E-state index >= 15 is 0 Å². The lowest BCUT2D eigenvalue weighted by Crippen LogP contribution is -2.12. The Bertz CT molecular complexity index is 241. The maximum absolute atomic E-state index is 3.75. The Hall–Kier alpha value is -0.780. The van der Waals surface area contributed by atoms with Crippen LogP contribution in [0.5, 0.6) is 0 Å². The smallest absolute Gasteiger partial charge is 0.0107 e. The van der Waals surface area contributed by atoms with E-state index in [4.69, 9.17) is 0 Å². The van der Waals surface area contributed by atoms with Crippen molar-refractivity contribution in [2.24, 2.45) is 5.41 Å². The van der Waals surface area contributed by atoms with Gasteiger partial charge in [0.25, 0.3) is 0 Å². The molecule has 0 bridgehead atoms. The minimum Gasteiger partial charge on any atom is -0.103 e. The minimum atomic E-state index is 0.369. The predicted molar refractivity (Wildman–Crippen MR) is 64.3 cm³/mol. The molecule has 0 N–H and O–H groups in total. The molecule has 14 heavy (non-hydrogen) atoms. The first kappa shape index (κ1) is 11.3. The molecule has 1 aliphatic rings. The van der Waals surface area contributed by atoms with Gasteiger partial charge in [-0.1, -0.05) is 44.6 Å². The Morgan fingerprint density at radius 3 is 2.79 bits per heavy atom. The van der Waals surface area contributed by atoms with Crippen molar-refractivity contribution in [2.75, 3.05) is 0 Å². The number of hydrogen-bond donors (Lipinski definition) is 0. The number of hydrogen-bond acceptors (Lipinski definition) is 0. The molecule has 1 rings (SSSR count). The highest BCUT2D eigenvalue weighted by atomic mass is 14.3. The van der Waals surface area contributed by atoms with Gasteiger partial charge in [-0.25, -0.2) is 0 Å². The fraction of sp³-hybridized carbons (Fsp3) is 0.571. The first-order valence-corrected chi connectivity index (χ1v) is 5.65. The largest absolute Gasteiger partial charge is 0.103 e. The summed E-state index contributed by atoms with van der Waals surface area (Å²) in [6.45, 7) is 8.45. The molecule has 0 heteroatoms. The monoisotopic (exact) mass is 190 g/mol. The van der Waals surface area contributed by atoms with Gasteiger partial charge in [-0.15, -0.1) is 6.58 Å². The first-order valence-electron chi connectivity index (χ1n) is 5.65. The Balaban J connectivity index is 2.33. The Morgan fingerprint density at radius 1 is 1.43 bits per heavy atom. The molecule has 0 amide bonds. The molecule has 0 saturated carbocycles. The molecule has 1 aliphatic carbocycles. The highest BCUT2D eigenvalue weighted by Crippen LogP contribution is 2.35. The first-order chi connectivity index (χ1) is 6.67. The molecule has 0 spiro atoms. The number of rotatable bonds is 6. The zero-order valence-electron chi connectivity index (χ0n) is 9.55. The van der Waals surface area contributed by atoms with Crippen molar-refractivity contribution in [1.82, 2.24) is 0 Å². The average Bonchev–Trinajstić information content (AvgIpc) is 2.65. The summed E-state index contributed by atoms with van der Waals surface area (Å²) in [7, 11) is 0. The molecule has 0 unspecified atom stereocenters. The summed E-state index contributed by atoms with van der Waals surface area (Å²) in [4.78, 5) is 0. The summed E-state index contributed by atoms with van der Waals surface area (Å²) < 4.78 is 0. The normalized spacial score (nSPS) is 15.7. The molecule has 0 radical (unpaired) electrons. The second-order valence-electron chi connectivity index (χ2n) is 4.72. The zero-order chi connectivity index (χ0) is 10.4. The van der Waals surface area contributed by atoms with Crippen molar-refractivity contribution in [3.05, 3.63) is 36.5 Å². The van der Waals surface area contributed by atoms with E-state index in [2.05, 4.69) is 38.7 Å². The third kappa shape index (κ3) is 3.17. The quantitative estimate of drug-likeness (QED) is 0.422. The third-order valence-corrected chi connectivity index (χ3v) is 3.01. The van der Waals surface area contributed by atoms with Gasteiger partial charge < -0.3 is 0 Å². The van der Waals surface area contributed by atoms with Crippen molar-refractivity contribution in [3.8, 4) is 0 Å². The maximum atomic E-state index is 3.75. The van der Waals surface area contributed by atoms with Gasteiger partial charge in [-0.2, -0.15) is 0 Å². The molecule has 0 atom stereocenters. The molecule has 0 aromatic carbocycles. The maximum Gasteiger partial charge on any atom is -0.0107 e. The highest BCUT2D eigenvalue weighted by molar-refractivity contribution is 5.31. The van der Waals surface area contributed by atoms with Crippen LogP contribution < -0.4 is 0 Å². The Kier molecular flexibility index (Phi) is 4.19. The summed E-state index contributed by atoms with van der Waals surface area (Å²) in [5.41, 5.74) is 1.89. The van der Waals surface area contributed by atoms with Crippen molar-refractivity contribution >= 4 is 0 Å². The molecule has 0 aliphatic heterocycles. The Morgan fingerprint density at radius 2 is 2.21 bits per heavy atom. The van der Waals surface area contributed by atoms with Crippen molar-refractivity contribution < 1.29 is 0 Å². The van der Waals surface area contributed by atoms with E-state index in [-0.39, 0.29) is 0 Å². The van der Waals surface area contributed by atoms with Crippen LogP contribution in [0, 0.1) is 5.41 Å². The van der Waals surface area contributed by atoms with Gasteiger partial charge in [0.15, 0.2) is 0 Å². The topological polar surface area (TPSA) is 0 Å². The fourth-order valence-electron chi connectivity index (χ4n) is 1.96. The zero-order valence-corrected chi connectivity index (χ0v) is 9.55. The lowest BCUT2D eigenvalue weighted by Gasteiger charge is -2.25. The van der Waals surface area contributed by atoms with Crippen LogP contribution in [0.15, 0.2) is 36.5 Å². The molecule has 0 heterocycles. The molecule has 0 fully saturated rings. The minimum absolute atomic E-state index is 0.369. The summed E-state index contributed by atoms with van der Waals surface area (Å²) in [5, 5.41) is 0. The summed E-state index contributed by atoms with van der Waals surface area (Å²) >= 11 is 0. The van der Waals surface area contributed by atoms with Gasteiger partial charge in [0, 0.05) is 0 Å². The van der Waals surface area contributed by atoms with Crippen LogP contribution in [-0.4, -0.2) is 0 Å². The van der Waals surface area contributed by atoms with Gasteiger partial charge in [0.05, 0.1) is 0 Å². The van der Waals surface area contributed by atoms with E-state index in [0.29, 0.717) is 5.41 Å². The van der Waals surface area contributed by atoms with Crippen molar-refractivity contribution in [3.63, 3.8) is 0 Å². The number of unbranched alkanes of at least 4 members (excludes halogenated alkanes) is 2. The van der Waals surface area contributed by atoms with Crippen LogP contribution >= 0.6 is 0 Å². The van der Waals surface area contributed by atoms with Gasteiger partial charge in [0.1, 0.15) is 0 Å². The standard InChI is InChI=1S/C14H22/c1-4-5-6-9-12-14(2,3)13-10-7-8-11-13/h4,7,10-11H,1,5-6,8-9,12H2,2-3H3. The van der Waals surface area contributed by atoms with E-state index in [1.165, 1.54) is 24.8 Å². The van der Waals surface area contributed by atoms with E-state index in [0.717, 1.165) is 12.8 Å². The second kappa shape index (κ2) is 5.19. The molecule has 0 aromatic heterocycles. The van der Waals surface area contributed by atoms with Crippen LogP contribution in [0.2, 0.25) is 0 Å². The third-order valence-electron chi connectivity index (χ3n) is 3.01. The van der Waals surface area contributed by atoms with Gasteiger partial charge in [-0.05, 0) is 36.7 Å². The summed E-state index contributed by atoms with van der Waals surface area (Å²) in [6.07, 6.45) is 15.1. The van der Waals surface area contributed by atoms with Crippen LogP contribution in [-0.2, 0) is 0 Å². The van der Waals surface area contributed by atoms with Crippen LogP contribution in [0.3, 0.4) is 0 Å². The van der Waals surface area contributed by atoms with Gasteiger partial charge in [0.2, 0.25) is 0 Å². The molecule has 0 aromatic rings. The lowest BCUT2D eigenvalue weighted by molar-refractivity contribution is 0.397. The lowest BCUT2D eigenvalue weighted by atomic mass is 9.80. The molecule has 78 valence electrons. The summed E-state index contributed by atoms with van der Waals surface area (Å²) in [6, 6.07) is 0. The van der Waals surface area contributed by atoms with Crippen LogP contribution in [0.4, 0.5) is 0 Å². The van der Waals surface area contributed by atoms with Gasteiger partial charge in [-0.3, -0.25) is 0 Å². The van der Waals surface area contributed by atoms with Gasteiger partial charge >= 0.3 is 0 Å². The SMILES string of the molecule is C=CCCCCC(C)(C)C1=CCC=C1. The van der Waals surface area contributed by atoms with E-state index < -0.39 is 0 Å². The van der Waals surface area contributed by atoms with Crippen molar-refractivity contribution in [2.45, 2.75) is 46.0 Å². The Labute approximate surface area is 88.4 Å². The van der Waals surface area contributed by atoms with Crippen molar-refractivity contribution in [1.29, 1.82) is 0 Å². The van der Waals surface area contributed by atoms with E-state index in [1.54, 1.807) is 0 Å². The number of allylic oxidation sites excluding steroid dienone is 5. The second-order valence-corrected chi connectivity index (χ2v) is 4.72. The molecule has 0 nitrogen and oxygen atoms in total. The molecule has 0 saturated heterocycles. The molecular formula is C14H22. The van der Waals surface area contributed by atoms with E-state index in [1.807, 2.05) is 6.08 Å².